The zero-order valence-electron chi connectivity index (χ0n) is 11.0. The zero-order chi connectivity index (χ0) is 12.1. The Morgan fingerprint density at radius 2 is 2.06 bits per heavy atom. The third kappa shape index (κ3) is 3.08. The normalized spacial score (nSPS) is 13.4. The molecule has 3 heteroatoms. The lowest BCUT2D eigenvalue weighted by molar-refractivity contribution is 0.380. The van der Waals surface area contributed by atoms with Gasteiger partial charge in [-0.3, -0.25) is 4.68 Å². The minimum Gasteiger partial charge on any atom is -0.330 e. The van der Waals surface area contributed by atoms with Gasteiger partial charge in [-0.15, -0.1) is 0 Å². The molecule has 16 heavy (non-hydrogen) atoms. The summed E-state index contributed by atoms with van der Waals surface area (Å²) in [5, 5.41) is 4.57. The predicted molar refractivity (Wildman–Crippen MR) is 68.4 cm³/mol. The Balaban J connectivity index is 2.81. The van der Waals surface area contributed by atoms with Crippen LogP contribution in [-0.2, 0) is 19.4 Å². The lowest BCUT2D eigenvalue weighted by atomic mass is 9.91. The quantitative estimate of drug-likeness (QED) is 0.803. The first kappa shape index (κ1) is 13.2. The van der Waals surface area contributed by atoms with Crippen LogP contribution in [-0.4, -0.2) is 16.3 Å². The van der Waals surface area contributed by atoms with Crippen molar-refractivity contribution in [1.82, 2.24) is 9.78 Å². The van der Waals surface area contributed by atoms with Crippen molar-refractivity contribution in [3.8, 4) is 0 Å². The van der Waals surface area contributed by atoms with Crippen LogP contribution in [0, 0.1) is 11.8 Å². The molecule has 1 aromatic heterocycles. The van der Waals surface area contributed by atoms with Crippen LogP contribution >= 0.6 is 0 Å². The average Bonchev–Trinajstić information content (AvgIpc) is 2.67. The molecule has 3 nitrogen and oxygen atoms in total. The molecule has 0 aliphatic rings. The molecule has 0 saturated heterocycles. The highest BCUT2D eigenvalue weighted by Gasteiger charge is 2.15. The molecule has 1 heterocycles. The SMILES string of the molecule is CCc1cc(CC(CN)C(C)C)n(CC)n1. The van der Waals surface area contributed by atoms with Gasteiger partial charge in [-0.2, -0.15) is 5.10 Å². The highest BCUT2D eigenvalue weighted by molar-refractivity contribution is 5.11. The predicted octanol–water partition coefficient (Wildman–Crippen LogP) is 2.24. The van der Waals surface area contributed by atoms with E-state index in [-0.39, 0.29) is 0 Å². The van der Waals surface area contributed by atoms with Gasteiger partial charge in [-0.05, 0) is 44.2 Å². The van der Waals surface area contributed by atoms with Gasteiger partial charge in [-0.1, -0.05) is 20.8 Å². The van der Waals surface area contributed by atoms with E-state index in [4.69, 9.17) is 5.73 Å². The molecule has 1 aromatic rings. The van der Waals surface area contributed by atoms with Gasteiger partial charge in [0.15, 0.2) is 0 Å². The van der Waals surface area contributed by atoms with E-state index in [2.05, 4.69) is 43.5 Å². The summed E-state index contributed by atoms with van der Waals surface area (Å²) in [6.07, 6.45) is 2.06. The molecule has 0 bridgehead atoms. The highest BCUT2D eigenvalue weighted by Crippen LogP contribution is 2.17. The Hall–Kier alpha value is -0.830. The van der Waals surface area contributed by atoms with Crippen LogP contribution in [0.5, 0.6) is 0 Å². The fourth-order valence-electron chi connectivity index (χ4n) is 1.99. The topological polar surface area (TPSA) is 43.8 Å². The Kier molecular flexibility index (Phi) is 5.00. The minimum absolute atomic E-state index is 0.562. The Morgan fingerprint density at radius 3 is 2.50 bits per heavy atom. The Labute approximate surface area is 99.0 Å². The third-order valence-corrected chi connectivity index (χ3v) is 3.29. The summed E-state index contributed by atoms with van der Waals surface area (Å²) >= 11 is 0. The van der Waals surface area contributed by atoms with Crippen LogP contribution in [0.2, 0.25) is 0 Å². The van der Waals surface area contributed by atoms with Crippen molar-refractivity contribution in [3.63, 3.8) is 0 Å². The number of nitrogens with two attached hydrogens (primary N) is 1. The van der Waals surface area contributed by atoms with E-state index in [1.807, 2.05) is 0 Å². The number of aromatic nitrogens is 2. The molecule has 92 valence electrons. The van der Waals surface area contributed by atoms with Gasteiger partial charge in [0.2, 0.25) is 0 Å². The molecule has 1 atom stereocenters. The van der Waals surface area contributed by atoms with Gasteiger partial charge in [0.05, 0.1) is 5.69 Å². The standard InChI is InChI=1S/C13H25N3/c1-5-12-8-13(16(6-2)15-12)7-11(9-14)10(3)4/h8,10-11H,5-7,9,14H2,1-4H3. The fraction of sp³-hybridized carbons (Fsp3) is 0.769. The lowest BCUT2D eigenvalue weighted by Crippen LogP contribution is -2.23. The summed E-state index contributed by atoms with van der Waals surface area (Å²) in [6, 6.07) is 2.23. The van der Waals surface area contributed by atoms with Crippen LogP contribution < -0.4 is 5.73 Å². The first-order valence-electron chi connectivity index (χ1n) is 6.37. The summed E-state index contributed by atoms with van der Waals surface area (Å²) in [6.45, 7) is 10.5. The van der Waals surface area contributed by atoms with E-state index in [0.717, 1.165) is 25.9 Å². The van der Waals surface area contributed by atoms with E-state index >= 15 is 0 Å². The largest absolute Gasteiger partial charge is 0.330 e. The molecule has 0 amide bonds. The second kappa shape index (κ2) is 6.04. The first-order chi connectivity index (χ1) is 7.62. The van der Waals surface area contributed by atoms with Crippen molar-refractivity contribution in [2.45, 2.75) is 47.1 Å². The summed E-state index contributed by atoms with van der Waals surface area (Å²) in [5.74, 6) is 1.20. The number of hydrogen-bond acceptors (Lipinski definition) is 2. The summed E-state index contributed by atoms with van der Waals surface area (Å²) in [7, 11) is 0. The molecule has 0 radical (unpaired) electrons. The van der Waals surface area contributed by atoms with Crippen LogP contribution in [0.4, 0.5) is 0 Å². The Bertz CT molecular complexity index is 315. The lowest BCUT2D eigenvalue weighted by Gasteiger charge is -2.18. The average molecular weight is 223 g/mol. The van der Waals surface area contributed by atoms with E-state index in [0.29, 0.717) is 11.8 Å². The molecule has 2 N–H and O–H groups in total. The van der Waals surface area contributed by atoms with Crippen LogP contribution in [0.25, 0.3) is 0 Å². The fourth-order valence-corrected chi connectivity index (χ4v) is 1.99. The van der Waals surface area contributed by atoms with Crippen LogP contribution in [0.15, 0.2) is 6.07 Å². The van der Waals surface area contributed by atoms with E-state index < -0.39 is 0 Å². The van der Waals surface area contributed by atoms with Gasteiger partial charge < -0.3 is 5.73 Å². The molecule has 0 aliphatic carbocycles. The maximum atomic E-state index is 5.82. The van der Waals surface area contributed by atoms with Crippen molar-refractivity contribution in [2.24, 2.45) is 17.6 Å². The van der Waals surface area contributed by atoms with Crippen LogP contribution in [0.3, 0.4) is 0 Å². The highest BCUT2D eigenvalue weighted by atomic mass is 15.3. The zero-order valence-corrected chi connectivity index (χ0v) is 11.0. The number of rotatable bonds is 6. The van der Waals surface area contributed by atoms with Crippen molar-refractivity contribution in [3.05, 3.63) is 17.5 Å². The summed E-state index contributed by atoms with van der Waals surface area (Å²) < 4.78 is 2.11. The molecule has 0 aromatic carbocycles. The molecular weight excluding hydrogens is 198 g/mol. The molecule has 0 spiro atoms. The Morgan fingerprint density at radius 1 is 1.38 bits per heavy atom. The van der Waals surface area contributed by atoms with Gasteiger partial charge >= 0.3 is 0 Å². The van der Waals surface area contributed by atoms with Crippen LogP contribution in [0.1, 0.15) is 39.1 Å². The number of aryl methyl sites for hydroxylation is 2. The number of hydrogen-bond donors (Lipinski definition) is 1. The second-order valence-corrected chi connectivity index (χ2v) is 4.74. The van der Waals surface area contributed by atoms with Crippen molar-refractivity contribution in [2.75, 3.05) is 6.54 Å². The monoisotopic (exact) mass is 223 g/mol. The van der Waals surface area contributed by atoms with Gasteiger partial charge in [0.1, 0.15) is 0 Å². The van der Waals surface area contributed by atoms with Crippen molar-refractivity contribution in [1.29, 1.82) is 0 Å². The van der Waals surface area contributed by atoms with Crippen molar-refractivity contribution < 1.29 is 0 Å². The van der Waals surface area contributed by atoms with E-state index in [9.17, 15) is 0 Å². The maximum absolute atomic E-state index is 5.82. The summed E-state index contributed by atoms with van der Waals surface area (Å²) in [5.41, 5.74) is 8.35. The molecular formula is C13H25N3. The molecule has 0 aliphatic heterocycles. The number of nitrogens with zero attached hydrogens (tertiary/aromatic N) is 2. The summed E-state index contributed by atoms with van der Waals surface area (Å²) in [4.78, 5) is 0. The van der Waals surface area contributed by atoms with Gasteiger partial charge in [0, 0.05) is 12.2 Å². The van der Waals surface area contributed by atoms with E-state index in [1.54, 1.807) is 0 Å². The maximum Gasteiger partial charge on any atom is 0.0624 e. The van der Waals surface area contributed by atoms with E-state index in [1.165, 1.54) is 11.4 Å². The van der Waals surface area contributed by atoms with Crippen molar-refractivity contribution >= 4 is 0 Å². The third-order valence-electron chi connectivity index (χ3n) is 3.29. The van der Waals surface area contributed by atoms with Gasteiger partial charge in [-0.25, -0.2) is 0 Å². The minimum atomic E-state index is 0.562. The molecule has 0 saturated carbocycles. The molecule has 0 fully saturated rings. The second-order valence-electron chi connectivity index (χ2n) is 4.74. The van der Waals surface area contributed by atoms with Gasteiger partial charge in [0.25, 0.3) is 0 Å². The molecule has 1 rings (SSSR count). The first-order valence-corrected chi connectivity index (χ1v) is 6.37. The smallest absolute Gasteiger partial charge is 0.0624 e. The molecule has 1 unspecified atom stereocenters.